The number of halogens is 3. The highest BCUT2D eigenvalue weighted by atomic mass is 79.9. The fourth-order valence-electron chi connectivity index (χ4n) is 3.51. The quantitative estimate of drug-likeness (QED) is 0.757. The van der Waals surface area contributed by atoms with Gasteiger partial charge < -0.3 is 4.90 Å². The molecular formula is C15H19BrF2N2. The predicted octanol–water partition coefficient (Wildman–Crippen LogP) is 3.53. The molecule has 1 aromatic rings. The molecule has 0 radical (unpaired) electrons. The lowest BCUT2D eigenvalue weighted by Crippen LogP contribution is -2.37. The van der Waals surface area contributed by atoms with Crippen LogP contribution < -0.4 is 4.90 Å². The van der Waals surface area contributed by atoms with Crippen LogP contribution in [0.4, 0.5) is 14.5 Å². The molecule has 3 rings (SSSR count). The number of hydrogen-bond acceptors (Lipinski definition) is 2. The van der Waals surface area contributed by atoms with Crippen LogP contribution in [0.2, 0.25) is 0 Å². The highest BCUT2D eigenvalue weighted by Gasteiger charge is 2.35. The summed E-state index contributed by atoms with van der Waals surface area (Å²) in [7, 11) is 2.13. The van der Waals surface area contributed by atoms with E-state index in [9.17, 15) is 8.78 Å². The van der Waals surface area contributed by atoms with Gasteiger partial charge in [0.2, 0.25) is 0 Å². The summed E-state index contributed by atoms with van der Waals surface area (Å²) in [5.41, 5.74) is 0.785. The Hall–Kier alpha value is -0.680. The summed E-state index contributed by atoms with van der Waals surface area (Å²) in [6.45, 7) is 1.45. The molecule has 1 aromatic carbocycles. The Morgan fingerprint density at radius 2 is 1.80 bits per heavy atom. The average molecular weight is 345 g/mol. The van der Waals surface area contributed by atoms with Gasteiger partial charge in [0.15, 0.2) is 0 Å². The topological polar surface area (TPSA) is 6.48 Å². The molecule has 2 saturated heterocycles. The summed E-state index contributed by atoms with van der Waals surface area (Å²) in [6, 6.07) is 3.84. The molecule has 2 nitrogen and oxygen atoms in total. The summed E-state index contributed by atoms with van der Waals surface area (Å²) < 4.78 is 28.5. The molecule has 0 amide bonds. The second-order valence-corrected chi connectivity index (χ2v) is 6.39. The summed E-state index contributed by atoms with van der Waals surface area (Å²) in [6.07, 6.45) is 3.31. The fraction of sp³-hybridized carbons (Fsp3) is 0.600. The largest absolute Gasteiger partial charge is 0.365 e. The number of anilines is 1. The Morgan fingerprint density at radius 1 is 1.15 bits per heavy atom. The smallest absolute Gasteiger partial charge is 0.149 e. The molecule has 0 aromatic heterocycles. The van der Waals surface area contributed by atoms with E-state index < -0.39 is 11.6 Å². The van der Waals surface area contributed by atoms with Crippen molar-refractivity contribution in [2.45, 2.75) is 36.7 Å². The van der Waals surface area contributed by atoms with Crippen molar-refractivity contribution < 1.29 is 8.78 Å². The van der Waals surface area contributed by atoms with Crippen LogP contribution in [0.1, 0.15) is 24.8 Å². The predicted molar refractivity (Wildman–Crippen MR) is 80.4 cm³/mol. The number of fused-ring (bicyclic) bond motifs is 2. The fourth-order valence-corrected chi connectivity index (χ4v) is 3.83. The Labute approximate surface area is 126 Å². The van der Waals surface area contributed by atoms with Crippen LogP contribution in [0.25, 0.3) is 0 Å². The lowest BCUT2D eigenvalue weighted by Gasteiger charge is -2.28. The lowest BCUT2D eigenvalue weighted by molar-refractivity contribution is 0.254. The summed E-state index contributed by atoms with van der Waals surface area (Å²) >= 11 is 3.24. The first-order chi connectivity index (χ1) is 9.60. The van der Waals surface area contributed by atoms with Gasteiger partial charge in [0, 0.05) is 30.5 Å². The van der Waals surface area contributed by atoms with Crippen molar-refractivity contribution in [3.63, 3.8) is 0 Å². The van der Waals surface area contributed by atoms with Crippen molar-refractivity contribution in [3.8, 4) is 0 Å². The van der Waals surface area contributed by atoms with Crippen molar-refractivity contribution in [2.24, 2.45) is 0 Å². The van der Waals surface area contributed by atoms with E-state index in [0.717, 1.165) is 19.4 Å². The molecule has 2 aliphatic heterocycles. The Bertz CT molecular complexity index is 486. The summed E-state index contributed by atoms with van der Waals surface area (Å²) in [5, 5.41) is 0.467. The first kappa shape index (κ1) is 14.3. The lowest BCUT2D eigenvalue weighted by atomic mass is 10.1. The van der Waals surface area contributed by atoms with Crippen molar-refractivity contribution in [1.82, 2.24) is 4.90 Å². The van der Waals surface area contributed by atoms with Gasteiger partial charge in [-0.25, -0.2) is 8.78 Å². The summed E-state index contributed by atoms with van der Waals surface area (Å²) in [4.78, 5) is 4.27. The molecule has 2 atom stereocenters. The third kappa shape index (κ3) is 2.46. The van der Waals surface area contributed by atoms with E-state index >= 15 is 0 Å². The van der Waals surface area contributed by atoms with E-state index in [1.54, 1.807) is 0 Å². The molecule has 0 N–H and O–H groups in total. The molecular weight excluding hydrogens is 326 g/mol. The number of rotatable bonds is 2. The molecule has 2 heterocycles. The van der Waals surface area contributed by atoms with Gasteiger partial charge in [-0.1, -0.05) is 15.9 Å². The molecule has 2 aliphatic rings. The van der Waals surface area contributed by atoms with Gasteiger partial charge in [-0.3, -0.25) is 4.90 Å². The van der Waals surface area contributed by atoms with E-state index in [1.165, 1.54) is 18.6 Å². The zero-order valence-electron chi connectivity index (χ0n) is 11.6. The number of likely N-dealkylation sites (N-methyl/N-ethyl adjacent to an activating group) is 1. The second-order valence-electron chi connectivity index (χ2n) is 5.83. The van der Waals surface area contributed by atoms with Crippen LogP contribution in [0.5, 0.6) is 0 Å². The van der Waals surface area contributed by atoms with Gasteiger partial charge in [0.25, 0.3) is 0 Å². The number of nitrogens with zero attached hydrogens (tertiary/aromatic N) is 2. The number of alkyl halides is 1. The standard InChI is InChI=1S/C15H19BrF2N2/c1-19-11-2-3-12(19)9-20(5-4-11)15-13(17)6-10(8-16)7-14(15)18/h6-7,11-12H,2-5,8-9H2,1H3. The SMILES string of the molecule is CN1C2CCC1CN(c1c(F)cc(CBr)cc1F)CC2. The van der Waals surface area contributed by atoms with Gasteiger partial charge in [0.1, 0.15) is 17.3 Å². The number of hydrogen-bond donors (Lipinski definition) is 0. The van der Waals surface area contributed by atoms with Crippen LogP contribution in [0, 0.1) is 11.6 Å². The molecule has 110 valence electrons. The maximum atomic E-state index is 14.2. The van der Waals surface area contributed by atoms with Crippen molar-refractivity contribution in [1.29, 1.82) is 0 Å². The minimum atomic E-state index is -0.445. The average Bonchev–Trinajstić information content (AvgIpc) is 2.65. The highest BCUT2D eigenvalue weighted by Crippen LogP contribution is 2.33. The molecule has 2 bridgehead atoms. The monoisotopic (exact) mass is 344 g/mol. The van der Waals surface area contributed by atoms with Gasteiger partial charge in [-0.05, 0) is 44.0 Å². The van der Waals surface area contributed by atoms with Gasteiger partial charge >= 0.3 is 0 Å². The van der Waals surface area contributed by atoms with Gasteiger partial charge in [-0.15, -0.1) is 0 Å². The molecule has 0 aliphatic carbocycles. The van der Waals surface area contributed by atoms with Crippen molar-refractivity contribution in [3.05, 3.63) is 29.3 Å². The van der Waals surface area contributed by atoms with Crippen LogP contribution in [-0.4, -0.2) is 37.1 Å². The number of benzene rings is 1. The zero-order valence-corrected chi connectivity index (χ0v) is 13.2. The van der Waals surface area contributed by atoms with Crippen LogP contribution in [-0.2, 0) is 5.33 Å². The third-order valence-corrected chi connectivity index (χ3v) is 5.34. The van der Waals surface area contributed by atoms with Crippen LogP contribution >= 0.6 is 15.9 Å². The second kappa shape index (κ2) is 5.60. The van der Waals surface area contributed by atoms with Gasteiger partial charge in [0.05, 0.1) is 0 Å². The Kier molecular flexibility index (Phi) is 4.00. The van der Waals surface area contributed by atoms with E-state index in [-0.39, 0.29) is 5.69 Å². The maximum absolute atomic E-state index is 14.2. The van der Waals surface area contributed by atoms with E-state index in [0.29, 0.717) is 29.5 Å². The van der Waals surface area contributed by atoms with Gasteiger partial charge in [-0.2, -0.15) is 0 Å². The molecule has 2 fully saturated rings. The van der Waals surface area contributed by atoms with E-state index in [4.69, 9.17) is 0 Å². The first-order valence-corrected chi connectivity index (χ1v) is 8.23. The van der Waals surface area contributed by atoms with Crippen LogP contribution in [0.3, 0.4) is 0 Å². The zero-order chi connectivity index (χ0) is 14.3. The first-order valence-electron chi connectivity index (χ1n) is 7.11. The molecule has 20 heavy (non-hydrogen) atoms. The molecule has 0 saturated carbocycles. The van der Waals surface area contributed by atoms with E-state index in [2.05, 4.69) is 27.9 Å². The summed E-state index contributed by atoms with van der Waals surface area (Å²) in [5.74, 6) is -0.889. The Balaban J connectivity index is 1.90. The molecule has 2 unspecified atom stereocenters. The van der Waals surface area contributed by atoms with E-state index in [1.807, 2.05) is 4.90 Å². The third-order valence-electron chi connectivity index (χ3n) is 4.70. The highest BCUT2D eigenvalue weighted by molar-refractivity contribution is 9.08. The Morgan fingerprint density at radius 3 is 2.45 bits per heavy atom. The molecule has 0 spiro atoms. The molecule has 5 heteroatoms. The minimum absolute atomic E-state index is 0.149. The van der Waals surface area contributed by atoms with Crippen molar-refractivity contribution in [2.75, 3.05) is 25.0 Å². The normalized spacial score (nSPS) is 26.9. The van der Waals surface area contributed by atoms with Crippen LogP contribution in [0.15, 0.2) is 12.1 Å². The minimum Gasteiger partial charge on any atom is -0.365 e. The van der Waals surface area contributed by atoms with Crippen molar-refractivity contribution >= 4 is 21.6 Å². The maximum Gasteiger partial charge on any atom is 0.149 e.